The van der Waals surface area contributed by atoms with E-state index in [-0.39, 0.29) is 5.91 Å². The van der Waals surface area contributed by atoms with Gasteiger partial charge < -0.3 is 15.1 Å². The van der Waals surface area contributed by atoms with Crippen molar-refractivity contribution >= 4 is 5.91 Å². The van der Waals surface area contributed by atoms with Crippen LogP contribution in [0.5, 0.6) is 0 Å². The van der Waals surface area contributed by atoms with Gasteiger partial charge in [0, 0.05) is 13.6 Å². The second-order valence-electron chi connectivity index (χ2n) is 5.39. The van der Waals surface area contributed by atoms with Gasteiger partial charge in [-0.3, -0.25) is 9.69 Å². The van der Waals surface area contributed by atoms with Crippen LogP contribution in [-0.2, 0) is 11.3 Å². The fourth-order valence-electron chi connectivity index (χ4n) is 2.45. The largest absolute Gasteiger partial charge is 0.464 e. The number of likely N-dealkylation sites (N-methyl/N-ethyl adjacent to an activating group) is 1. The number of aryl methyl sites for hydroxylation is 1. The van der Waals surface area contributed by atoms with Gasteiger partial charge in [0.2, 0.25) is 5.91 Å². The van der Waals surface area contributed by atoms with Gasteiger partial charge in [-0.15, -0.1) is 0 Å². The highest BCUT2D eigenvalue weighted by atomic mass is 16.3. The summed E-state index contributed by atoms with van der Waals surface area (Å²) in [5, 5.41) is 0. The molecule has 106 valence electrons. The third-order valence-corrected chi connectivity index (χ3v) is 3.68. The van der Waals surface area contributed by atoms with Gasteiger partial charge in [0.05, 0.1) is 13.1 Å². The van der Waals surface area contributed by atoms with Crippen molar-refractivity contribution in [1.82, 2.24) is 9.80 Å². The fraction of sp³-hybridized carbons (Fsp3) is 0.643. The smallest absolute Gasteiger partial charge is 0.236 e. The van der Waals surface area contributed by atoms with Gasteiger partial charge in [-0.05, 0) is 44.5 Å². The van der Waals surface area contributed by atoms with Crippen molar-refractivity contribution < 1.29 is 9.21 Å². The summed E-state index contributed by atoms with van der Waals surface area (Å²) in [6.07, 6.45) is 1.10. The zero-order valence-corrected chi connectivity index (χ0v) is 11.8. The van der Waals surface area contributed by atoms with Crippen molar-refractivity contribution in [3.8, 4) is 0 Å². The van der Waals surface area contributed by atoms with Crippen LogP contribution in [0.1, 0.15) is 17.9 Å². The minimum atomic E-state index is 0.131. The molecule has 2 N–H and O–H groups in total. The number of hydrogen-bond donors (Lipinski definition) is 1. The van der Waals surface area contributed by atoms with Crippen molar-refractivity contribution in [2.75, 3.05) is 33.2 Å². The second-order valence-corrected chi connectivity index (χ2v) is 5.39. The number of carbonyl (C=O) groups is 1. The average molecular weight is 265 g/mol. The number of nitrogens with zero attached hydrogens (tertiary/aromatic N) is 2. The Bertz CT molecular complexity index is 430. The lowest BCUT2D eigenvalue weighted by Crippen LogP contribution is -2.37. The van der Waals surface area contributed by atoms with Gasteiger partial charge in [-0.25, -0.2) is 0 Å². The van der Waals surface area contributed by atoms with Crippen molar-refractivity contribution in [2.24, 2.45) is 11.7 Å². The molecule has 1 atom stereocenters. The lowest BCUT2D eigenvalue weighted by atomic mass is 10.1. The third-order valence-electron chi connectivity index (χ3n) is 3.68. The summed E-state index contributed by atoms with van der Waals surface area (Å²) >= 11 is 0. The zero-order chi connectivity index (χ0) is 13.8. The molecule has 1 aromatic heterocycles. The van der Waals surface area contributed by atoms with Gasteiger partial charge >= 0.3 is 0 Å². The maximum Gasteiger partial charge on any atom is 0.236 e. The summed E-state index contributed by atoms with van der Waals surface area (Å²) in [5.74, 6) is 2.38. The summed E-state index contributed by atoms with van der Waals surface area (Å²) in [6.45, 7) is 5.54. The highest BCUT2D eigenvalue weighted by molar-refractivity contribution is 5.77. The van der Waals surface area contributed by atoms with Gasteiger partial charge in [-0.1, -0.05) is 0 Å². The molecule has 0 saturated carbocycles. The van der Waals surface area contributed by atoms with E-state index in [1.807, 2.05) is 26.1 Å². The maximum atomic E-state index is 12.1. The van der Waals surface area contributed by atoms with Crippen LogP contribution in [0.4, 0.5) is 0 Å². The Morgan fingerprint density at radius 1 is 1.58 bits per heavy atom. The lowest BCUT2D eigenvalue weighted by Gasteiger charge is -2.20. The molecule has 0 aromatic carbocycles. The van der Waals surface area contributed by atoms with E-state index >= 15 is 0 Å². The molecule has 1 saturated heterocycles. The molecule has 1 fully saturated rings. The first-order chi connectivity index (χ1) is 9.08. The highest BCUT2D eigenvalue weighted by Crippen LogP contribution is 2.15. The van der Waals surface area contributed by atoms with E-state index in [0.717, 1.165) is 31.0 Å². The quantitative estimate of drug-likeness (QED) is 0.856. The molecule has 1 aliphatic rings. The summed E-state index contributed by atoms with van der Waals surface area (Å²) in [5.41, 5.74) is 5.66. The molecule has 1 aliphatic heterocycles. The normalized spacial score (nSPS) is 19.8. The number of rotatable bonds is 5. The molecule has 1 amide bonds. The van der Waals surface area contributed by atoms with E-state index in [2.05, 4.69) is 4.90 Å². The van der Waals surface area contributed by atoms with Crippen LogP contribution in [0.15, 0.2) is 16.5 Å². The first-order valence-corrected chi connectivity index (χ1v) is 6.80. The van der Waals surface area contributed by atoms with E-state index in [1.54, 1.807) is 4.90 Å². The number of hydrogen-bond acceptors (Lipinski definition) is 4. The van der Waals surface area contributed by atoms with Crippen LogP contribution >= 0.6 is 0 Å². The molecule has 19 heavy (non-hydrogen) atoms. The number of likely N-dealkylation sites (tertiary alicyclic amines) is 1. The Balaban J connectivity index is 1.79. The van der Waals surface area contributed by atoms with Crippen LogP contribution in [0.25, 0.3) is 0 Å². The third kappa shape index (κ3) is 3.81. The average Bonchev–Trinajstić information content (AvgIpc) is 2.98. The Kier molecular flexibility index (Phi) is 4.61. The topological polar surface area (TPSA) is 62.7 Å². The Morgan fingerprint density at radius 2 is 2.37 bits per heavy atom. The van der Waals surface area contributed by atoms with E-state index in [4.69, 9.17) is 10.2 Å². The molecular formula is C14H23N3O2. The van der Waals surface area contributed by atoms with Crippen LogP contribution in [0, 0.1) is 12.8 Å². The summed E-state index contributed by atoms with van der Waals surface area (Å²) in [4.78, 5) is 16.0. The zero-order valence-electron chi connectivity index (χ0n) is 11.8. The van der Waals surface area contributed by atoms with Crippen LogP contribution < -0.4 is 5.73 Å². The Labute approximate surface area is 114 Å². The van der Waals surface area contributed by atoms with Crippen molar-refractivity contribution in [1.29, 1.82) is 0 Å². The Morgan fingerprint density at radius 3 is 2.95 bits per heavy atom. The predicted octanol–water partition coefficient (Wildman–Crippen LogP) is 0.827. The predicted molar refractivity (Wildman–Crippen MR) is 73.5 cm³/mol. The van der Waals surface area contributed by atoms with E-state index in [1.165, 1.54) is 0 Å². The minimum absolute atomic E-state index is 0.131. The molecule has 2 rings (SSSR count). The number of carbonyl (C=O) groups excluding carboxylic acids is 1. The van der Waals surface area contributed by atoms with Crippen molar-refractivity contribution in [2.45, 2.75) is 19.9 Å². The van der Waals surface area contributed by atoms with Crippen LogP contribution in [0.2, 0.25) is 0 Å². The highest BCUT2D eigenvalue weighted by Gasteiger charge is 2.24. The first kappa shape index (κ1) is 14.1. The van der Waals surface area contributed by atoms with Gasteiger partial charge in [0.25, 0.3) is 0 Å². The van der Waals surface area contributed by atoms with Gasteiger partial charge in [-0.2, -0.15) is 0 Å². The number of furan rings is 1. The monoisotopic (exact) mass is 265 g/mol. The van der Waals surface area contributed by atoms with Gasteiger partial charge in [0.1, 0.15) is 11.5 Å². The summed E-state index contributed by atoms with van der Waals surface area (Å²) in [6, 6.07) is 3.83. The standard InChI is InChI=1S/C14H23N3O2/c1-11-3-4-13(19-11)9-16(2)14(18)10-17-6-5-12(7-15)8-17/h3-4,12H,5-10,15H2,1-2H3. The molecule has 0 spiro atoms. The van der Waals surface area contributed by atoms with Gasteiger partial charge in [0.15, 0.2) is 0 Å². The number of amides is 1. The maximum absolute atomic E-state index is 12.1. The molecule has 5 nitrogen and oxygen atoms in total. The molecule has 0 bridgehead atoms. The number of nitrogens with two attached hydrogens (primary N) is 1. The summed E-state index contributed by atoms with van der Waals surface area (Å²) in [7, 11) is 1.82. The van der Waals surface area contributed by atoms with E-state index in [0.29, 0.717) is 25.6 Å². The summed E-state index contributed by atoms with van der Waals surface area (Å²) < 4.78 is 5.48. The molecule has 0 aliphatic carbocycles. The van der Waals surface area contributed by atoms with Crippen LogP contribution in [0.3, 0.4) is 0 Å². The van der Waals surface area contributed by atoms with Crippen molar-refractivity contribution in [3.05, 3.63) is 23.7 Å². The molecule has 0 radical (unpaired) electrons. The molecule has 5 heteroatoms. The molecule has 2 heterocycles. The first-order valence-electron chi connectivity index (χ1n) is 6.80. The van der Waals surface area contributed by atoms with Crippen LogP contribution in [-0.4, -0.2) is 48.9 Å². The van der Waals surface area contributed by atoms with E-state index < -0.39 is 0 Å². The second kappa shape index (κ2) is 6.21. The molecular weight excluding hydrogens is 242 g/mol. The van der Waals surface area contributed by atoms with E-state index in [9.17, 15) is 4.79 Å². The van der Waals surface area contributed by atoms with Crippen molar-refractivity contribution in [3.63, 3.8) is 0 Å². The fourth-order valence-corrected chi connectivity index (χ4v) is 2.45. The molecule has 1 aromatic rings. The SMILES string of the molecule is Cc1ccc(CN(C)C(=O)CN2CCC(CN)C2)o1. The minimum Gasteiger partial charge on any atom is -0.464 e. The lowest BCUT2D eigenvalue weighted by molar-refractivity contribution is -0.131. The Hall–Kier alpha value is -1.33. The molecule has 1 unspecified atom stereocenters.